The minimum absolute atomic E-state index is 0.0443. The average molecular weight is 370 g/mol. The van der Waals surface area contributed by atoms with Crippen LogP contribution >= 0.6 is 0 Å². The van der Waals surface area contributed by atoms with Gasteiger partial charge in [-0.05, 0) is 34.8 Å². The molecule has 0 bridgehead atoms. The lowest BCUT2D eigenvalue weighted by Crippen LogP contribution is -2.66. The minimum atomic E-state index is -2.39. The Balaban J connectivity index is 2.44. The standard InChI is InChI=1S/C23H35NOSi/c1-19(2)22(24-6)17-18-25-26(23(3,4)5,20-13-9-7-10-14-20)21-15-11-8-12-16-21/h7-16,19,22,24H,17-18H2,1-6H3. The highest BCUT2D eigenvalue weighted by atomic mass is 28.4. The Morgan fingerprint density at radius 1 is 0.885 bits per heavy atom. The maximum Gasteiger partial charge on any atom is 0.261 e. The van der Waals surface area contributed by atoms with Gasteiger partial charge in [0.25, 0.3) is 8.32 Å². The highest BCUT2D eigenvalue weighted by Crippen LogP contribution is 2.36. The fourth-order valence-corrected chi connectivity index (χ4v) is 8.49. The van der Waals surface area contributed by atoms with Crippen molar-refractivity contribution in [3.05, 3.63) is 60.7 Å². The molecule has 1 N–H and O–H groups in total. The Kier molecular flexibility index (Phi) is 7.21. The van der Waals surface area contributed by atoms with E-state index in [-0.39, 0.29) is 5.04 Å². The number of nitrogens with one attached hydrogen (secondary N) is 1. The first-order valence-electron chi connectivity index (χ1n) is 9.75. The Bertz CT molecular complexity index is 609. The molecule has 2 aromatic carbocycles. The summed E-state index contributed by atoms with van der Waals surface area (Å²) in [6.07, 6.45) is 1.03. The zero-order valence-corrected chi connectivity index (χ0v) is 18.3. The molecule has 3 heteroatoms. The second-order valence-electron chi connectivity index (χ2n) is 8.44. The predicted molar refractivity (Wildman–Crippen MR) is 116 cm³/mol. The third kappa shape index (κ3) is 4.45. The summed E-state index contributed by atoms with van der Waals surface area (Å²) in [5.74, 6) is 0.600. The van der Waals surface area contributed by atoms with Crippen LogP contribution in [0.3, 0.4) is 0 Å². The Morgan fingerprint density at radius 3 is 1.69 bits per heavy atom. The highest BCUT2D eigenvalue weighted by molar-refractivity contribution is 6.99. The van der Waals surface area contributed by atoms with Gasteiger partial charge >= 0.3 is 0 Å². The maximum absolute atomic E-state index is 6.95. The zero-order chi connectivity index (χ0) is 19.2. The molecule has 0 heterocycles. The van der Waals surface area contributed by atoms with Gasteiger partial charge in [0.15, 0.2) is 0 Å². The van der Waals surface area contributed by atoms with Crippen molar-refractivity contribution in [3.8, 4) is 0 Å². The second kappa shape index (κ2) is 8.98. The maximum atomic E-state index is 6.95. The lowest BCUT2D eigenvalue weighted by Gasteiger charge is -2.43. The van der Waals surface area contributed by atoms with E-state index in [1.54, 1.807) is 0 Å². The van der Waals surface area contributed by atoms with Crippen LogP contribution in [0.5, 0.6) is 0 Å². The number of benzene rings is 2. The van der Waals surface area contributed by atoms with Crippen molar-refractivity contribution in [3.63, 3.8) is 0 Å². The molecule has 0 aliphatic rings. The van der Waals surface area contributed by atoms with Gasteiger partial charge in [0.2, 0.25) is 0 Å². The average Bonchev–Trinajstić information content (AvgIpc) is 2.62. The van der Waals surface area contributed by atoms with Gasteiger partial charge in [0.05, 0.1) is 0 Å². The molecule has 0 radical (unpaired) electrons. The number of hydrogen-bond acceptors (Lipinski definition) is 2. The first-order chi connectivity index (χ1) is 12.3. The Morgan fingerprint density at radius 2 is 1.35 bits per heavy atom. The molecule has 0 amide bonds. The summed E-state index contributed by atoms with van der Waals surface area (Å²) in [5, 5.41) is 6.19. The van der Waals surface area contributed by atoms with Crippen LogP contribution < -0.4 is 15.7 Å². The number of hydrogen-bond donors (Lipinski definition) is 1. The van der Waals surface area contributed by atoms with Gasteiger partial charge < -0.3 is 9.74 Å². The second-order valence-corrected chi connectivity index (χ2v) is 12.7. The van der Waals surface area contributed by atoms with Crippen molar-refractivity contribution in [2.24, 2.45) is 5.92 Å². The molecule has 0 saturated carbocycles. The quantitative estimate of drug-likeness (QED) is 0.704. The van der Waals surface area contributed by atoms with Gasteiger partial charge in [-0.15, -0.1) is 0 Å². The Labute approximate surface area is 161 Å². The summed E-state index contributed by atoms with van der Waals surface area (Å²) in [7, 11) is -0.342. The minimum Gasteiger partial charge on any atom is -0.407 e. The lowest BCUT2D eigenvalue weighted by atomic mass is 10.0. The SMILES string of the molecule is CNC(CCO[Si](c1ccccc1)(c1ccccc1)C(C)(C)C)C(C)C. The third-order valence-electron chi connectivity index (χ3n) is 5.34. The first-order valence-corrected chi connectivity index (χ1v) is 11.7. The van der Waals surface area contributed by atoms with E-state index in [2.05, 4.69) is 101 Å². The van der Waals surface area contributed by atoms with E-state index in [1.807, 2.05) is 7.05 Å². The summed E-state index contributed by atoms with van der Waals surface area (Å²) >= 11 is 0. The fraction of sp³-hybridized carbons (Fsp3) is 0.478. The molecule has 0 spiro atoms. The van der Waals surface area contributed by atoms with Gasteiger partial charge in [-0.3, -0.25) is 0 Å². The predicted octanol–water partition coefficient (Wildman–Crippen LogP) is 4.20. The van der Waals surface area contributed by atoms with Crippen LogP contribution in [-0.2, 0) is 4.43 Å². The molecule has 0 aromatic heterocycles. The fourth-order valence-electron chi connectivity index (χ4n) is 3.91. The van der Waals surface area contributed by atoms with Crippen molar-refractivity contribution in [1.82, 2.24) is 5.32 Å². The molecule has 142 valence electrons. The molecule has 2 aromatic rings. The van der Waals surface area contributed by atoms with Gasteiger partial charge in [-0.2, -0.15) is 0 Å². The molecule has 1 unspecified atom stereocenters. The van der Waals surface area contributed by atoms with Crippen molar-refractivity contribution in [2.75, 3.05) is 13.7 Å². The van der Waals surface area contributed by atoms with Crippen molar-refractivity contribution in [2.45, 2.75) is 52.1 Å². The summed E-state index contributed by atoms with van der Waals surface area (Å²) in [5.41, 5.74) is 0. The monoisotopic (exact) mass is 369 g/mol. The van der Waals surface area contributed by atoms with Crippen LogP contribution in [0.4, 0.5) is 0 Å². The van der Waals surface area contributed by atoms with E-state index in [0.717, 1.165) is 13.0 Å². The molecule has 0 fully saturated rings. The van der Waals surface area contributed by atoms with Gasteiger partial charge in [-0.25, -0.2) is 0 Å². The van der Waals surface area contributed by atoms with Crippen molar-refractivity contribution < 1.29 is 4.43 Å². The lowest BCUT2D eigenvalue weighted by molar-refractivity contribution is 0.255. The first kappa shape index (κ1) is 20.9. The molecule has 2 nitrogen and oxygen atoms in total. The summed E-state index contributed by atoms with van der Waals surface area (Å²) < 4.78 is 6.95. The van der Waals surface area contributed by atoms with Crippen LogP contribution in [0, 0.1) is 5.92 Å². The Hall–Kier alpha value is -1.42. The molecule has 2 rings (SSSR count). The summed E-state index contributed by atoms with van der Waals surface area (Å²) in [6, 6.07) is 22.2. The smallest absolute Gasteiger partial charge is 0.261 e. The van der Waals surface area contributed by atoms with Crippen molar-refractivity contribution >= 4 is 18.7 Å². The van der Waals surface area contributed by atoms with E-state index >= 15 is 0 Å². The highest BCUT2D eigenvalue weighted by Gasteiger charge is 2.50. The van der Waals surface area contributed by atoms with E-state index in [1.165, 1.54) is 10.4 Å². The van der Waals surface area contributed by atoms with E-state index in [0.29, 0.717) is 12.0 Å². The molecule has 0 aliphatic carbocycles. The van der Waals surface area contributed by atoms with Gasteiger partial charge in [0.1, 0.15) is 0 Å². The zero-order valence-electron chi connectivity index (χ0n) is 17.3. The molecular formula is C23H35NOSi. The van der Waals surface area contributed by atoms with Crippen LogP contribution in [0.15, 0.2) is 60.7 Å². The van der Waals surface area contributed by atoms with Crippen LogP contribution in [-0.4, -0.2) is 28.0 Å². The molecule has 26 heavy (non-hydrogen) atoms. The van der Waals surface area contributed by atoms with Gasteiger partial charge in [-0.1, -0.05) is 95.3 Å². The van der Waals surface area contributed by atoms with Gasteiger partial charge in [0, 0.05) is 12.6 Å². The van der Waals surface area contributed by atoms with Crippen LogP contribution in [0.2, 0.25) is 5.04 Å². The van der Waals surface area contributed by atoms with Crippen LogP contribution in [0.25, 0.3) is 0 Å². The van der Waals surface area contributed by atoms with E-state index in [4.69, 9.17) is 4.43 Å². The summed E-state index contributed by atoms with van der Waals surface area (Å²) in [4.78, 5) is 0. The van der Waals surface area contributed by atoms with E-state index < -0.39 is 8.32 Å². The third-order valence-corrected chi connectivity index (χ3v) is 10.4. The molecule has 0 aliphatic heterocycles. The molecule has 0 saturated heterocycles. The largest absolute Gasteiger partial charge is 0.407 e. The molecular weight excluding hydrogens is 334 g/mol. The van der Waals surface area contributed by atoms with E-state index in [9.17, 15) is 0 Å². The van der Waals surface area contributed by atoms with Crippen LogP contribution in [0.1, 0.15) is 41.0 Å². The summed E-state index contributed by atoms with van der Waals surface area (Å²) in [6.45, 7) is 12.3. The normalized spacial score (nSPS) is 13.8. The topological polar surface area (TPSA) is 21.3 Å². The number of rotatable bonds is 8. The molecule has 1 atom stereocenters. The van der Waals surface area contributed by atoms with Crippen molar-refractivity contribution in [1.29, 1.82) is 0 Å².